The van der Waals surface area contributed by atoms with Gasteiger partial charge in [0.1, 0.15) is 5.15 Å². The fourth-order valence-electron chi connectivity index (χ4n) is 2.83. The highest BCUT2D eigenvalue weighted by Gasteiger charge is 2.31. The number of carbonyl (C=O) groups excluding carboxylic acids is 1. The molecule has 0 fully saturated rings. The summed E-state index contributed by atoms with van der Waals surface area (Å²) < 4.78 is 11.4. The van der Waals surface area contributed by atoms with Crippen molar-refractivity contribution >= 4 is 34.1 Å². The van der Waals surface area contributed by atoms with Crippen molar-refractivity contribution in [3.05, 3.63) is 59.2 Å². The number of nitrogens with one attached hydrogen (secondary N) is 1. The lowest BCUT2D eigenvalue weighted by Gasteiger charge is -2.16. The minimum atomic E-state index is -0.709. The summed E-state index contributed by atoms with van der Waals surface area (Å²) in [5.41, 5.74) is 1.75. The lowest BCUT2D eigenvalue weighted by molar-refractivity contribution is -0.0431. The van der Waals surface area contributed by atoms with Crippen LogP contribution >= 0.6 is 11.6 Å². The molecule has 4 rings (SSSR count). The molecule has 0 unspecified atom stereocenters. The summed E-state index contributed by atoms with van der Waals surface area (Å²) >= 11 is 6.05. The topological polar surface area (TPSA) is 60.5 Å². The first kappa shape index (κ1) is 15.7. The standard InChI is InChI=1S/C19H15ClN2O3/c1-19(2)24-15-8-7-11(9-16(15)25-19)21-18(23)13-10-17(20)22-14-6-4-3-5-12(13)14/h3-10H,1-2H3,(H,21,23). The number of halogens is 1. The van der Waals surface area contributed by atoms with E-state index >= 15 is 0 Å². The van der Waals surface area contributed by atoms with Crippen molar-refractivity contribution in [2.24, 2.45) is 0 Å². The lowest BCUT2D eigenvalue weighted by Crippen LogP contribution is -2.29. The van der Waals surface area contributed by atoms with Crippen LogP contribution in [0.4, 0.5) is 5.69 Å². The molecule has 1 N–H and O–H groups in total. The number of carbonyl (C=O) groups is 1. The van der Waals surface area contributed by atoms with Crippen molar-refractivity contribution in [3.8, 4) is 11.5 Å². The molecular weight excluding hydrogens is 340 g/mol. The molecule has 0 atom stereocenters. The Morgan fingerprint density at radius 2 is 1.84 bits per heavy atom. The number of ether oxygens (including phenoxy) is 2. The van der Waals surface area contributed by atoms with Crippen LogP contribution < -0.4 is 14.8 Å². The van der Waals surface area contributed by atoms with Gasteiger partial charge in [-0.1, -0.05) is 29.8 Å². The summed E-state index contributed by atoms with van der Waals surface area (Å²) in [5.74, 6) is 0.277. The fraction of sp³-hybridized carbons (Fsp3) is 0.158. The molecule has 0 saturated carbocycles. The van der Waals surface area contributed by atoms with E-state index in [2.05, 4.69) is 10.3 Å². The first-order chi connectivity index (χ1) is 11.9. The fourth-order valence-corrected chi connectivity index (χ4v) is 3.03. The summed E-state index contributed by atoms with van der Waals surface area (Å²) in [6.07, 6.45) is 0. The second-order valence-electron chi connectivity index (χ2n) is 6.23. The molecule has 0 bridgehead atoms. The van der Waals surface area contributed by atoms with Crippen molar-refractivity contribution in [1.82, 2.24) is 4.98 Å². The summed E-state index contributed by atoms with van der Waals surface area (Å²) in [5, 5.41) is 3.89. The Balaban J connectivity index is 1.66. The van der Waals surface area contributed by atoms with Gasteiger partial charge in [0.2, 0.25) is 5.79 Å². The van der Waals surface area contributed by atoms with Gasteiger partial charge in [-0.15, -0.1) is 0 Å². The zero-order chi connectivity index (χ0) is 17.6. The molecule has 0 saturated heterocycles. The van der Waals surface area contributed by atoms with Crippen molar-refractivity contribution in [1.29, 1.82) is 0 Å². The van der Waals surface area contributed by atoms with E-state index in [0.717, 1.165) is 5.39 Å². The van der Waals surface area contributed by atoms with Crippen LogP contribution in [0.25, 0.3) is 10.9 Å². The summed E-state index contributed by atoms with van der Waals surface area (Å²) in [6.45, 7) is 3.66. The predicted molar refractivity (Wildman–Crippen MR) is 96.5 cm³/mol. The maximum Gasteiger partial charge on any atom is 0.256 e. The first-order valence-electron chi connectivity index (χ1n) is 7.80. The predicted octanol–water partition coefficient (Wildman–Crippen LogP) is 4.65. The van der Waals surface area contributed by atoms with Crippen LogP contribution in [0.3, 0.4) is 0 Å². The monoisotopic (exact) mass is 354 g/mol. The van der Waals surface area contributed by atoms with Crippen LogP contribution in [-0.4, -0.2) is 16.7 Å². The van der Waals surface area contributed by atoms with Gasteiger partial charge in [-0.3, -0.25) is 4.79 Å². The van der Waals surface area contributed by atoms with Gasteiger partial charge in [0.25, 0.3) is 5.91 Å². The van der Waals surface area contributed by atoms with Gasteiger partial charge in [0.15, 0.2) is 11.5 Å². The van der Waals surface area contributed by atoms with Gasteiger partial charge in [-0.05, 0) is 24.3 Å². The highest BCUT2D eigenvalue weighted by Crippen LogP contribution is 2.40. The van der Waals surface area contributed by atoms with Crippen molar-refractivity contribution in [3.63, 3.8) is 0 Å². The SMILES string of the molecule is CC1(C)Oc2ccc(NC(=O)c3cc(Cl)nc4ccccc34)cc2O1. The highest BCUT2D eigenvalue weighted by molar-refractivity contribution is 6.30. The second-order valence-corrected chi connectivity index (χ2v) is 6.62. The molecule has 2 aromatic carbocycles. The summed E-state index contributed by atoms with van der Waals surface area (Å²) in [4.78, 5) is 17.0. The first-order valence-corrected chi connectivity index (χ1v) is 8.18. The maximum atomic E-state index is 12.7. The van der Waals surface area contributed by atoms with E-state index in [4.69, 9.17) is 21.1 Å². The molecule has 126 valence electrons. The third kappa shape index (κ3) is 2.98. The van der Waals surface area contributed by atoms with Gasteiger partial charge in [0.05, 0.1) is 11.1 Å². The Bertz CT molecular complexity index is 1000. The quantitative estimate of drug-likeness (QED) is 0.680. The molecule has 0 radical (unpaired) electrons. The van der Waals surface area contributed by atoms with E-state index in [1.54, 1.807) is 24.3 Å². The number of benzene rings is 2. The molecule has 1 aliphatic heterocycles. The van der Waals surface area contributed by atoms with Crippen molar-refractivity contribution < 1.29 is 14.3 Å². The Hall–Kier alpha value is -2.79. The van der Waals surface area contributed by atoms with E-state index < -0.39 is 5.79 Å². The smallest absolute Gasteiger partial charge is 0.256 e. The molecule has 1 aliphatic rings. The van der Waals surface area contributed by atoms with E-state index in [0.29, 0.717) is 28.3 Å². The maximum absolute atomic E-state index is 12.7. The average molecular weight is 355 g/mol. The van der Waals surface area contributed by atoms with Crippen molar-refractivity contribution in [2.45, 2.75) is 19.6 Å². The zero-order valence-corrected chi connectivity index (χ0v) is 14.4. The molecule has 0 spiro atoms. The van der Waals surface area contributed by atoms with Gasteiger partial charge in [-0.25, -0.2) is 4.98 Å². The highest BCUT2D eigenvalue weighted by atomic mass is 35.5. The molecule has 25 heavy (non-hydrogen) atoms. The third-order valence-electron chi connectivity index (χ3n) is 3.84. The van der Waals surface area contributed by atoms with Gasteiger partial charge >= 0.3 is 0 Å². The number of hydrogen-bond donors (Lipinski definition) is 1. The normalized spacial score (nSPS) is 14.5. The Labute approximate surface area is 149 Å². The molecule has 5 nitrogen and oxygen atoms in total. The molecule has 2 heterocycles. The molecular formula is C19H15ClN2O3. The second kappa shape index (κ2) is 5.63. The third-order valence-corrected chi connectivity index (χ3v) is 4.04. The number of fused-ring (bicyclic) bond motifs is 2. The Morgan fingerprint density at radius 1 is 1.08 bits per heavy atom. The van der Waals surface area contributed by atoms with Crippen molar-refractivity contribution in [2.75, 3.05) is 5.32 Å². The number of rotatable bonds is 2. The summed E-state index contributed by atoms with van der Waals surface area (Å²) in [7, 11) is 0. The number of pyridine rings is 1. The van der Waals surface area contributed by atoms with E-state index in [9.17, 15) is 4.79 Å². The van der Waals surface area contributed by atoms with E-state index in [1.165, 1.54) is 0 Å². The minimum absolute atomic E-state index is 0.265. The summed E-state index contributed by atoms with van der Waals surface area (Å²) in [6, 6.07) is 14.2. The number of amides is 1. The average Bonchev–Trinajstić information content (AvgIpc) is 2.87. The Kier molecular flexibility index (Phi) is 3.54. The molecule has 6 heteroatoms. The number of hydrogen-bond acceptors (Lipinski definition) is 4. The van der Waals surface area contributed by atoms with E-state index in [-0.39, 0.29) is 11.1 Å². The Morgan fingerprint density at radius 3 is 2.68 bits per heavy atom. The molecule has 1 amide bonds. The largest absolute Gasteiger partial charge is 0.449 e. The minimum Gasteiger partial charge on any atom is -0.449 e. The number of para-hydroxylation sites is 1. The molecule has 3 aromatic rings. The number of aromatic nitrogens is 1. The van der Waals surface area contributed by atoms with Crippen LogP contribution in [0.1, 0.15) is 24.2 Å². The molecule has 0 aliphatic carbocycles. The van der Waals surface area contributed by atoms with Gasteiger partial charge in [0, 0.05) is 31.0 Å². The van der Waals surface area contributed by atoms with Crippen LogP contribution in [0, 0.1) is 0 Å². The molecule has 1 aromatic heterocycles. The van der Waals surface area contributed by atoms with E-state index in [1.807, 2.05) is 38.1 Å². The number of anilines is 1. The van der Waals surface area contributed by atoms with Crippen LogP contribution in [0.15, 0.2) is 48.5 Å². The van der Waals surface area contributed by atoms with Crippen LogP contribution in [-0.2, 0) is 0 Å². The van der Waals surface area contributed by atoms with Gasteiger partial charge < -0.3 is 14.8 Å². The van der Waals surface area contributed by atoms with Crippen LogP contribution in [0.2, 0.25) is 5.15 Å². The lowest BCUT2D eigenvalue weighted by atomic mass is 10.1. The van der Waals surface area contributed by atoms with Gasteiger partial charge in [-0.2, -0.15) is 0 Å². The van der Waals surface area contributed by atoms with Crippen LogP contribution in [0.5, 0.6) is 11.5 Å². The number of nitrogens with zero attached hydrogens (tertiary/aromatic N) is 1. The zero-order valence-electron chi connectivity index (χ0n) is 13.7.